The molecular weight excluding hydrogens is 122 g/mol. The summed E-state index contributed by atoms with van der Waals surface area (Å²) in [5, 5.41) is 3.67. The smallest absolute Gasteiger partial charge is 0.0100 e. The van der Waals surface area contributed by atoms with Crippen molar-refractivity contribution in [3.05, 3.63) is 0 Å². The first-order valence-electron chi connectivity index (χ1n) is 4.53. The van der Waals surface area contributed by atoms with Gasteiger partial charge in [-0.15, -0.1) is 0 Å². The van der Waals surface area contributed by atoms with E-state index in [1.54, 1.807) is 0 Å². The molecule has 0 amide bonds. The minimum atomic E-state index is 0.863. The zero-order valence-corrected chi connectivity index (χ0v) is 6.93. The van der Waals surface area contributed by atoms with Gasteiger partial charge >= 0.3 is 0 Å². The Labute approximate surface area is 63.2 Å². The average molecular weight is 139 g/mol. The summed E-state index contributed by atoms with van der Waals surface area (Å²) in [7, 11) is 0. The van der Waals surface area contributed by atoms with Crippen LogP contribution in [0.5, 0.6) is 0 Å². The summed E-state index contributed by atoms with van der Waals surface area (Å²) in [4.78, 5) is 0. The summed E-state index contributed by atoms with van der Waals surface area (Å²) < 4.78 is 0. The average Bonchev–Trinajstić information content (AvgIpc) is 2.70. The molecule has 3 unspecified atom stereocenters. The van der Waals surface area contributed by atoms with Gasteiger partial charge in [-0.1, -0.05) is 13.8 Å². The van der Waals surface area contributed by atoms with E-state index in [0.717, 1.165) is 23.9 Å². The fourth-order valence-electron chi connectivity index (χ4n) is 1.80. The van der Waals surface area contributed by atoms with Crippen molar-refractivity contribution in [2.24, 2.45) is 11.8 Å². The van der Waals surface area contributed by atoms with Gasteiger partial charge in [-0.2, -0.15) is 0 Å². The van der Waals surface area contributed by atoms with Gasteiger partial charge in [-0.05, 0) is 31.1 Å². The van der Waals surface area contributed by atoms with Crippen molar-refractivity contribution in [3.63, 3.8) is 0 Å². The molecule has 0 aromatic carbocycles. The van der Waals surface area contributed by atoms with E-state index in [2.05, 4.69) is 19.2 Å². The molecule has 0 aromatic rings. The van der Waals surface area contributed by atoms with Gasteiger partial charge in [0.25, 0.3) is 0 Å². The largest absolute Gasteiger partial charge is 0.311 e. The molecule has 2 aliphatic rings. The highest BCUT2D eigenvalue weighted by Gasteiger charge is 2.37. The maximum atomic E-state index is 3.67. The minimum Gasteiger partial charge on any atom is -0.311 e. The van der Waals surface area contributed by atoms with E-state index >= 15 is 0 Å². The fraction of sp³-hybridized carbons (Fsp3) is 1.00. The Morgan fingerprint density at radius 3 is 2.30 bits per heavy atom. The lowest BCUT2D eigenvalue weighted by Crippen LogP contribution is -2.48. The van der Waals surface area contributed by atoms with Crippen LogP contribution in [0.2, 0.25) is 0 Å². The maximum absolute atomic E-state index is 3.67. The Morgan fingerprint density at radius 1 is 1.20 bits per heavy atom. The van der Waals surface area contributed by atoms with Crippen LogP contribution < -0.4 is 5.32 Å². The maximum Gasteiger partial charge on any atom is 0.0100 e. The Balaban J connectivity index is 1.74. The van der Waals surface area contributed by atoms with Gasteiger partial charge in [-0.25, -0.2) is 0 Å². The predicted molar refractivity (Wildman–Crippen MR) is 42.9 cm³/mol. The van der Waals surface area contributed by atoms with Crippen LogP contribution in [0.25, 0.3) is 0 Å². The monoisotopic (exact) mass is 139 g/mol. The highest BCUT2D eigenvalue weighted by atomic mass is 15.0. The van der Waals surface area contributed by atoms with Gasteiger partial charge in [0.15, 0.2) is 0 Å². The van der Waals surface area contributed by atoms with Crippen molar-refractivity contribution in [1.82, 2.24) is 5.32 Å². The van der Waals surface area contributed by atoms with Gasteiger partial charge in [0.2, 0.25) is 0 Å². The van der Waals surface area contributed by atoms with Crippen molar-refractivity contribution in [2.75, 3.05) is 0 Å². The quantitative estimate of drug-likeness (QED) is 0.615. The van der Waals surface area contributed by atoms with E-state index < -0.39 is 0 Å². The molecule has 0 aromatic heterocycles. The molecule has 2 aliphatic carbocycles. The van der Waals surface area contributed by atoms with Crippen molar-refractivity contribution >= 4 is 0 Å². The Hall–Kier alpha value is -0.0400. The third kappa shape index (κ3) is 1.07. The van der Waals surface area contributed by atoms with Crippen LogP contribution in [0.1, 0.15) is 33.1 Å². The third-order valence-electron chi connectivity index (χ3n) is 3.19. The van der Waals surface area contributed by atoms with Crippen LogP contribution >= 0.6 is 0 Å². The molecule has 0 aliphatic heterocycles. The van der Waals surface area contributed by atoms with Crippen LogP contribution in [0.4, 0.5) is 0 Å². The lowest BCUT2D eigenvalue weighted by molar-refractivity contribution is 0.136. The lowest BCUT2D eigenvalue weighted by Gasteiger charge is -2.41. The van der Waals surface area contributed by atoms with Gasteiger partial charge in [0, 0.05) is 12.1 Å². The lowest BCUT2D eigenvalue weighted by atomic mass is 9.71. The number of nitrogens with one attached hydrogen (secondary N) is 1. The first kappa shape index (κ1) is 6.66. The Kier molecular flexibility index (Phi) is 1.48. The van der Waals surface area contributed by atoms with Crippen LogP contribution in [0.15, 0.2) is 0 Å². The van der Waals surface area contributed by atoms with Gasteiger partial charge < -0.3 is 5.32 Å². The number of hydrogen-bond donors (Lipinski definition) is 1. The van der Waals surface area contributed by atoms with E-state index in [4.69, 9.17) is 0 Å². The molecule has 0 heterocycles. The molecule has 1 N–H and O–H groups in total. The Morgan fingerprint density at radius 2 is 1.90 bits per heavy atom. The molecular formula is C9H17N. The van der Waals surface area contributed by atoms with Crippen LogP contribution in [-0.4, -0.2) is 12.1 Å². The summed E-state index contributed by atoms with van der Waals surface area (Å²) in [6.45, 7) is 4.73. The first-order valence-corrected chi connectivity index (χ1v) is 4.53. The summed E-state index contributed by atoms with van der Waals surface area (Å²) in [6, 6.07) is 1.77. The first-order chi connectivity index (χ1) is 4.77. The molecule has 0 saturated heterocycles. The minimum absolute atomic E-state index is 0.863. The summed E-state index contributed by atoms with van der Waals surface area (Å²) in [5.41, 5.74) is 0. The fourth-order valence-corrected chi connectivity index (χ4v) is 1.80. The van der Waals surface area contributed by atoms with Crippen molar-refractivity contribution in [1.29, 1.82) is 0 Å². The Bertz CT molecular complexity index is 129. The number of rotatable bonds is 2. The standard InChI is InChI=1S/C9H17N/c1-6-5-9(7(6)2)10-8-3-4-8/h6-10H,3-5H2,1-2H3. The molecule has 2 saturated carbocycles. The van der Waals surface area contributed by atoms with E-state index in [0.29, 0.717) is 0 Å². The normalized spacial score (nSPS) is 46.8. The molecule has 2 fully saturated rings. The molecule has 2 rings (SSSR count). The number of hydrogen-bond acceptors (Lipinski definition) is 1. The van der Waals surface area contributed by atoms with E-state index in [9.17, 15) is 0 Å². The second kappa shape index (κ2) is 2.23. The van der Waals surface area contributed by atoms with Crippen molar-refractivity contribution in [3.8, 4) is 0 Å². The van der Waals surface area contributed by atoms with Crippen molar-refractivity contribution < 1.29 is 0 Å². The third-order valence-corrected chi connectivity index (χ3v) is 3.19. The summed E-state index contributed by atoms with van der Waals surface area (Å²) in [5.74, 6) is 1.90. The van der Waals surface area contributed by atoms with E-state index in [-0.39, 0.29) is 0 Å². The molecule has 0 spiro atoms. The molecule has 1 heteroatoms. The molecule has 58 valence electrons. The van der Waals surface area contributed by atoms with Gasteiger partial charge in [-0.3, -0.25) is 0 Å². The zero-order valence-electron chi connectivity index (χ0n) is 6.93. The highest BCUT2D eigenvalue weighted by Crippen LogP contribution is 2.35. The van der Waals surface area contributed by atoms with E-state index in [1.165, 1.54) is 19.3 Å². The SMILES string of the molecule is CC1CC(NC2CC2)C1C. The second-order valence-corrected chi connectivity index (χ2v) is 4.12. The molecule has 0 bridgehead atoms. The van der Waals surface area contributed by atoms with Crippen LogP contribution in [-0.2, 0) is 0 Å². The predicted octanol–water partition coefficient (Wildman–Crippen LogP) is 1.78. The van der Waals surface area contributed by atoms with E-state index in [1.807, 2.05) is 0 Å². The van der Waals surface area contributed by atoms with Crippen molar-refractivity contribution in [2.45, 2.75) is 45.2 Å². The summed E-state index contributed by atoms with van der Waals surface area (Å²) >= 11 is 0. The van der Waals surface area contributed by atoms with Gasteiger partial charge in [0.05, 0.1) is 0 Å². The molecule has 10 heavy (non-hydrogen) atoms. The highest BCUT2D eigenvalue weighted by molar-refractivity contribution is 4.94. The molecule has 3 atom stereocenters. The zero-order chi connectivity index (χ0) is 7.14. The van der Waals surface area contributed by atoms with Crippen LogP contribution in [0, 0.1) is 11.8 Å². The van der Waals surface area contributed by atoms with Gasteiger partial charge in [0.1, 0.15) is 0 Å². The molecule has 0 radical (unpaired) electrons. The summed E-state index contributed by atoms with van der Waals surface area (Å²) in [6.07, 6.45) is 4.27. The topological polar surface area (TPSA) is 12.0 Å². The molecule has 1 nitrogen and oxygen atoms in total. The van der Waals surface area contributed by atoms with Crippen LogP contribution in [0.3, 0.4) is 0 Å². The second-order valence-electron chi connectivity index (χ2n) is 4.12.